The number of amides is 1. The molecule has 0 aliphatic carbocycles. The number of benzene rings is 1. The van der Waals surface area contributed by atoms with Crippen LogP contribution in [0, 0.1) is 0 Å². The standard InChI is InChI=1S/C12H15NO2/c1-12(8-2-3-11(15)13-12)9-4-6-10(14)7-5-9/h4-7,14H,2-3,8H2,1H3,(H,13,15). The molecule has 1 fully saturated rings. The van der Waals surface area contributed by atoms with E-state index in [4.69, 9.17) is 0 Å². The van der Waals surface area contributed by atoms with Crippen molar-refractivity contribution in [3.63, 3.8) is 0 Å². The highest BCUT2D eigenvalue weighted by atomic mass is 16.3. The highest BCUT2D eigenvalue weighted by Gasteiger charge is 2.31. The third-order valence-corrected chi connectivity index (χ3v) is 3.00. The highest BCUT2D eigenvalue weighted by Crippen LogP contribution is 2.30. The van der Waals surface area contributed by atoms with Crippen LogP contribution < -0.4 is 5.32 Å². The van der Waals surface area contributed by atoms with Gasteiger partial charge in [-0.05, 0) is 37.5 Å². The summed E-state index contributed by atoms with van der Waals surface area (Å²) in [5.74, 6) is 0.362. The number of phenols is 1. The summed E-state index contributed by atoms with van der Waals surface area (Å²) in [4.78, 5) is 11.4. The van der Waals surface area contributed by atoms with Gasteiger partial charge in [-0.3, -0.25) is 4.79 Å². The van der Waals surface area contributed by atoms with Crippen molar-refractivity contribution in [1.29, 1.82) is 0 Å². The summed E-state index contributed by atoms with van der Waals surface area (Å²) >= 11 is 0. The van der Waals surface area contributed by atoms with Gasteiger partial charge in [-0.1, -0.05) is 12.1 Å². The van der Waals surface area contributed by atoms with Gasteiger partial charge in [0, 0.05) is 6.42 Å². The van der Waals surface area contributed by atoms with Crippen molar-refractivity contribution < 1.29 is 9.90 Å². The number of piperidine rings is 1. The Morgan fingerprint density at radius 3 is 2.60 bits per heavy atom. The first-order valence-corrected chi connectivity index (χ1v) is 5.21. The van der Waals surface area contributed by atoms with E-state index < -0.39 is 0 Å². The Balaban J connectivity index is 2.28. The fraction of sp³-hybridized carbons (Fsp3) is 0.417. The Bertz CT molecular complexity index is 372. The Kier molecular flexibility index (Phi) is 2.39. The number of carbonyl (C=O) groups excluding carboxylic acids is 1. The molecule has 0 aromatic heterocycles. The van der Waals surface area contributed by atoms with Gasteiger partial charge in [-0.15, -0.1) is 0 Å². The zero-order valence-corrected chi connectivity index (χ0v) is 8.79. The molecule has 1 saturated heterocycles. The molecule has 3 heteroatoms. The molecular weight excluding hydrogens is 190 g/mol. The first-order valence-electron chi connectivity index (χ1n) is 5.21. The van der Waals surface area contributed by atoms with Crippen LogP contribution in [-0.4, -0.2) is 11.0 Å². The summed E-state index contributed by atoms with van der Waals surface area (Å²) < 4.78 is 0. The molecule has 0 radical (unpaired) electrons. The minimum absolute atomic E-state index is 0.108. The maximum atomic E-state index is 11.4. The van der Waals surface area contributed by atoms with Gasteiger partial charge in [0.1, 0.15) is 5.75 Å². The lowest BCUT2D eigenvalue weighted by Gasteiger charge is -2.35. The minimum atomic E-state index is -0.275. The lowest BCUT2D eigenvalue weighted by atomic mass is 9.84. The predicted molar refractivity (Wildman–Crippen MR) is 57.5 cm³/mol. The van der Waals surface area contributed by atoms with Gasteiger partial charge < -0.3 is 10.4 Å². The van der Waals surface area contributed by atoms with Gasteiger partial charge in [0.2, 0.25) is 5.91 Å². The van der Waals surface area contributed by atoms with Crippen LogP contribution in [0.5, 0.6) is 5.75 Å². The number of hydrogen-bond donors (Lipinski definition) is 2. The third kappa shape index (κ3) is 1.96. The van der Waals surface area contributed by atoms with E-state index in [0.717, 1.165) is 18.4 Å². The molecule has 1 unspecified atom stereocenters. The van der Waals surface area contributed by atoms with E-state index in [1.807, 2.05) is 19.1 Å². The zero-order chi connectivity index (χ0) is 10.9. The zero-order valence-electron chi connectivity index (χ0n) is 8.79. The van der Waals surface area contributed by atoms with Gasteiger partial charge >= 0.3 is 0 Å². The SMILES string of the molecule is CC1(c2ccc(O)cc2)CCCC(=O)N1. The van der Waals surface area contributed by atoms with Crippen LogP contribution in [0.3, 0.4) is 0 Å². The van der Waals surface area contributed by atoms with Crippen molar-refractivity contribution in [2.24, 2.45) is 0 Å². The van der Waals surface area contributed by atoms with E-state index in [2.05, 4.69) is 5.32 Å². The van der Waals surface area contributed by atoms with Gasteiger partial charge in [-0.2, -0.15) is 0 Å². The van der Waals surface area contributed by atoms with Gasteiger partial charge in [0.05, 0.1) is 5.54 Å². The van der Waals surface area contributed by atoms with Crippen molar-refractivity contribution in [2.45, 2.75) is 31.7 Å². The van der Waals surface area contributed by atoms with E-state index in [1.165, 1.54) is 0 Å². The lowest BCUT2D eigenvalue weighted by molar-refractivity contribution is -0.125. The average Bonchev–Trinajstić information content (AvgIpc) is 2.18. The molecule has 1 atom stereocenters. The van der Waals surface area contributed by atoms with E-state index >= 15 is 0 Å². The van der Waals surface area contributed by atoms with Gasteiger partial charge in [0.25, 0.3) is 0 Å². The van der Waals surface area contributed by atoms with Crippen LogP contribution in [0.2, 0.25) is 0 Å². The second-order valence-corrected chi connectivity index (χ2v) is 4.28. The highest BCUT2D eigenvalue weighted by molar-refractivity contribution is 5.77. The second kappa shape index (κ2) is 3.57. The molecule has 2 rings (SSSR count). The smallest absolute Gasteiger partial charge is 0.220 e. The fourth-order valence-corrected chi connectivity index (χ4v) is 2.08. The normalized spacial score (nSPS) is 26.1. The number of hydrogen-bond acceptors (Lipinski definition) is 2. The molecule has 1 aromatic rings. The topological polar surface area (TPSA) is 49.3 Å². The Labute approximate surface area is 89.1 Å². The molecule has 1 amide bonds. The van der Waals surface area contributed by atoms with Crippen molar-refractivity contribution in [3.8, 4) is 5.75 Å². The minimum Gasteiger partial charge on any atom is -0.508 e. The summed E-state index contributed by atoms with van der Waals surface area (Å²) in [6.07, 6.45) is 2.49. The van der Waals surface area contributed by atoms with Crippen LogP contribution in [-0.2, 0) is 10.3 Å². The van der Waals surface area contributed by atoms with Gasteiger partial charge in [-0.25, -0.2) is 0 Å². The molecular formula is C12H15NO2. The maximum absolute atomic E-state index is 11.4. The fourth-order valence-electron chi connectivity index (χ4n) is 2.08. The molecule has 1 aromatic carbocycles. The maximum Gasteiger partial charge on any atom is 0.220 e. The largest absolute Gasteiger partial charge is 0.508 e. The number of aromatic hydroxyl groups is 1. The third-order valence-electron chi connectivity index (χ3n) is 3.00. The van der Waals surface area contributed by atoms with Gasteiger partial charge in [0.15, 0.2) is 0 Å². The Morgan fingerprint density at radius 2 is 2.00 bits per heavy atom. The van der Waals surface area contributed by atoms with Crippen molar-refractivity contribution >= 4 is 5.91 Å². The van der Waals surface area contributed by atoms with Crippen LogP contribution in [0.15, 0.2) is 24.3 Å². The predicted octanol–water partition coefficient (Wildman–Crippen LogP) is 1.91. The second-order valence-electron chi connectivity index (χ2n) is 4.28. The van der Waals surface area contributed by atoms with E-state index in [9.17, 15) is 9.90 Å². The Morgan fingerprint density at radius 1 is 1.33 bits per heavy atom. The van der Waals surface area contributed by atoms with Crippen LogP contribution in [0.1, 0.15) is 31.7 Å². The Hall–Kier alpha value is -1.51. The molecule has 80 valence electrons. The first kappa shape index (κ1) is 10.0. The molecule has 0 spiro atoms. The molecule has 0 bridgehead atoms. The molecule has 3 nitrogen and oxygen atoms in total. The van der Waals surface area contributed by atoms with Crippen molar-refractivity contribution in [2.75, 3.05) is 0 Å². The van der Waals surface area contributed by atoms with Crippen LogP contribution >= 0.6 is 0 Å². The van der Waals surface area contributed by atoms with Crippen molar-refractivity contribution in [1.82, 2.24) is 5.32 Å². The van der Waals surface area contributed by atoms with Crippen molar-refractivity contribution in [3.05, 3.63) is 29.8 Å². The molecule has 1 heterocycles. The first-order chi connectivity index (χ1) is 7.10. The van der Waals surface area contributed by atoms with E-state index in [0.29, 0.717) is 6.42 Å². The van der Waals surface area contributed by atoms with E-state index in [1.54, 1.807) is 12.1 Å². The summed E-state index contributed by atoms with van der Waals surface area (Å²) in [5.41, 5.74) is 0.775. The molecule has 15 heavy (non-hydrogen) atoms. The molecule has 1 aliphatic heterocycles. The summed E-state index contributed by atoms with van der Waals surface area (Å²) in [5, 5.41) is 12.2. The molecule has 1 aliphatic rings. The monoisotopic (exact) mass is 205 g/mol. The molecule has 0 saturated carbocycles. The number of carbonyl (C=O) groups is 1. The quantitative estimate of drug-likeness (QED) is 0.735. The average molecular weight is 205 g/mol. The summed E-state index contributed by atoms with van der Waals surface area (Å²) in [6, 6.07) is 7.03. The number of phenolic OH excluding ortho intramolecular Hbond substituents is 1. The number of rotatable bonds is 1. The van der Waals surface area contributed by atoms with Crippen LogP contribution in [0.25, 0.3) is 0 Å². The summed E-state index contributed by atoms with van der Waals surface area (Å²) in [6.45, 7) is 2.02. The molecule has 2 N–H and O–H groups in total. The number of nitrogens with one attached hydrogen (secondary N) is 1. The lowest BCUT2D eigenvalue weighted by Crippen LogP contribution is -2.46. The van der Waals surface area contributed by atoms with E-state index in [-0.39, 0.29) is 17.2 Å². The summed E-state index contributed by atoms with van der Waals surface area (Å²) in [7, 11) is 0. The van der Waals surface area contributed by atoms with Crippen LogP contribution in [0.4, 0.5) is 0 Å².